The molecule has 3 aromatic rings. The summed E-state index contributed by atoms with van der Waals surface area (Å²) in [5, 5.41) is 0. The van der Waals surface area contributed by atoms with Crippen molar-refractivity contribution in [1.29, 1.82) is 0 Å². The number of hydrogen-bond acceptors (Lipinski definition) is 1. The molecular weight excluding hydrogens is 339 g/mol. The SMILES string of the molecule is SCc1ccc(CPCCC(c2ccccc2)c2ccccc2)cc1. The van der Waals surface area contributed by atoms with E-state index < -0.39 is 0 Å². The van der Waals surface area contributed by atoms with Crippen LogP contribution in [0.4, 0.5) is 0 Å². The van der Waals surface area contributed by atoms with Gasteiger partial charge in [-0.15, -0.1) is 8.58 Å². The molecule has 0 bridgehead atoms. The van der Waals surface area contributed by atoms with Crippen molar-refractivity contribution in [3.05, 3.63) is 107 Å². The highest BCUT2D eigenvalue weighted by molar-refractivity contribution is 7.79. The van der Waals surface area contributed by atoms with Gasteiger partial charge in [-0.25, -0.2) is 0 Å². The van der Waals surface area contributed by atoms with Crippen LogP contribution >= 0.6 is 21.2 Å². The van der Waals surface area contributed by atoms with Gasteiger partial charge in [0.1, 0.15) is 0 Å². The number of rotatable bonds is 8. The summed E-state index contributed by atoms with van der Waals surface area (Å²) >= 11 is 4.32. The van der Waals surface area contributed by atoms with E-state index in [-0.39, 0.29) is 0 Å². The van der Waals surface area contributed by atoms with Crippen molar-refractivity contribution in [1.82, 2.24) is 0 Å². The first-order valence-corrected chi connectivity index (χ1v) is 10.9. The van der Waals surface area contributed by atoms with Gasteiger partial charge in [-0.05, 0) is 41.0 Å². The van der Waals surface area contributed by atoms with Crippen LogP contribution in [0.1, 0.15) is 34.6 Å². The molecular formula is C23H25PS. The van der Waals surface area contributed by atoms with E-state index >= 15 is 0 Å². The first kappa shape index (κ1) is 18.2. The predicted molar refractivity (Wildman–Crippen MR) is 115 cm³/mol. The Labute approximate surface area is 158 Å². The normalized spacial score (nSPS) is 11.4. The summed E-state index contributed by atoms with van der Waals surface area (Å²) in [5.41, 5.74) is 5.59. The van der Waals surface area contributed by atoms with Crippen LogP contribution in [0.3, 0.4) is 0 Å². The highest BCUT2D eigenvalue weighted by atomic mass is 32.1. The van der Waals surface area contributed by atoms with Gasteiger partial charge >= 0.3 is 0 Å². The second-order valence-corrected chi connectivity index (χ2v) is 7.98. The average Bonchev–Trinajstić information content (AvgIpc) is 2.70. The summed E-state index contributed by atoms with van der Waals surface area (Å²) in [6.07, 6.45) is 3.66. The minimum Gasteiger partial charge on any atom is -0.175 e. The number of benzene rings is 3. The van der Waals surface area contributed by atoms with Gasteiger partial charge in [-0.3, -0.25) is 0 Å². The topological polar surface area (TPSA) is 0 Å². The van der Waals surface area contributed by atoms with E-state index in [1.54, 1.807) is 0 Å². The second-order valence-electron chi connectivity index (χ2n) is 6.31. The Balaban J connectivity index is 1.59. The molecule has 0 aliphatic carbocycles. The molecule has 3 rings (SSSR count). The molecule has 0 saturated heterocycles. The van der Waals surface area contributed by atoms with Gasteiger partial charge in [-0.1, -0.05) is 84.9 Å². The maximum atomic E-state index is 4.32. The Morgan fingerprint density at radius 1 is 0.680 bits per heavy atom. The molecule has 0 fully saturated rings. The second kappa shape index (κ2) is 9.80. The summed E-state index contributed by atoms with van der Waals surface area (Å²) in [7, 11) is 0.971. The number of hydrogen-bond donors (Lipinski definition) is 1. The van der Waals surface area contributed by atoms with Crippen LogP contribution in [-0.2, 0) is 11.9 Å². The largest absolute Gasteiger partial charge is 0.175 e. The minimum atomic E-state index is 0.501. The van der Waals surface area contributed by atoms with Crippen molar-refractivity contribution in [3.63, 3.8) is 0 Å². The molecule has 25 heavy (non-hydrogen) atoms. The van der Waals surface area contributed by atoms with E-state index in [1.165, 1.54) is 41.0 Å². The van der Waals surface area contributed by atoms with Crippen LogP contribution in [0.5, 0.6) is 0 Å². The molecule has 0 aliphatic rings. The van der Waals surface area contributed by atoms with Gasteiger partial charge in [0, 0.05) is 11.7 Å². The molecule has 3 aromatic carbocycles. The zero-order valence-electron chi connectivity index (χ0n) is 14.4. The first-order chi connectivity index (χ1) is 12.4. The van der Waals surface area contributed by atoms with Crippen molar-refractivity contribution in [2.45, 2.75) is 24.3 Å². The molecule has 0 spiro atoms. The molecule has 2 heteroatoms. The third kappa shape index (κ3) is 5.46. The van der Waals surface area contributed by atoms with Gasteiger partial charge in [0.05, 0.1) is 0 Å². The fourth-order valence-electron chi connectivity index (χ4n) is 3.14. The zero-order valence-corrected chi connectivity index (χ0v) is 16.3. The van der Waals surface area contributed by atoms with Gasteiger partial charge in [0.25, 0.3) is 0 Å². The van der Waals surface area contributed by atoms with Gasteiger partial charge in [0.15, 0.2) is 0 Å². The highest BCUT2D eigenvalue weighted by Gasteiger charge is 2.13. The molecule has 0 saturated carbocycles. The van der Waals surface area contributed by atoms with E-state index in [0.29, 0.717) is 5.92 Å². The van der Waals surface area contributed by atoms with Crippen molar-refractivity contribution in [2.24, 2.45) is 0 Å². The Bertz CT molecular complexity index is 699. The molecule has 0 aliphatic heterocycles. The lowest BCUT2D eigenvalue weighted by molar-refractivity contribution is 0.783. The van der Waals surface area contributed by atoms with Crippen LogP contribution in [0, 0.1) is 0 Å². The van der Waals surface area contributed by atoms with Crippen molar-refractivity contribution in [2.75, 3.05) is 6.16 Å². The zero-order chi connectivity index (χ0) is 17.3. The molecule has 0 radical (unpaired) electrons. The molecule has 0 aromatic heterocycles. The van der Waals surface area contributed by atoms with Crippen LogP contribution in [0.15, 0.2) is 84.9 Å². The molecule has 1 unspecified atom stereocenters. The van der Waals surface area contributed by atoms with Crippen LogP contribution in [0.25, 0.3) is 0 Å². The summed E-state index contributed by atoms with van der Waals surface area (Å²) in [4.78, 5) is 0. The van der Waals surface area contributed by atoms with E-state index in [4.69, 9.17) is 0 Å². The van der Waals surface area contributed by atoms with Crippen LogP contribution < -0.4 is 0 Å². The maximum Gasteiger partial charge on any atom is 0.0154 e. The molecule has 0 heterocycles. The summed E-state index contributed by atoms with van der Waals surface area (Å²) < 4.78 is 0. The molecule has 128 valence electrons. The fourth-order valence-corrected chi connectivity index (χ4v) is 4.54. The van der Waals surface area contributed by atoms with E-state index in [1.807, 2.05) is 0 Å². The Kier molecular flexibility index (Phi) is 7.15. The maximum absolute atomic E-state index is 4.32. The third-order valence-corrected chi connectivity index (χ3v) is 6.21. The van der Waals surface area contributed by atoms with E-state index in [9.17, 15) is 0 Å². The van der Waals surface area contributed by atoms with Gasteiger partial charge in [-0.2, -0.15) is 12.6 Å². The van der Waals surface area contributed by atoms with E-state index in [0.717, 1.165) is 14.3 Å². The van der Waals surface area contributed by atoms with E-state index in [2.05, 4.69) is 97.6 Å². The summed E-state index contributed by atoms with van der Waals surface area (Å²) in [5.74, 6) is 1.32. The van der Waals surface area contributed by atoms with Gasteiger partial charge in [0.2, 0.25) is 0 Å². The minimum absolute atomic E-state index is 0.501. The lowest BCUT2D eigenvalue weighted by Gasteiger charge is -2.18. The van der Waals surface area contributed by atoms with Crippen molar-refractivity contribution in [3.8, 4) is 0 Å². The number of thiol groups is 1. The average molecular weight is 364 g/mol. The third-order valence-electron chi connectivity index (χ3n) is 4.55. The fraction of sp³-hybridized carbons (Fsp3) is 0.217. The molecule has 1 atom stereocenters. The molecule has 0 amide bonds. The molecule has 0 N–H and O–H groups in total. The smallest absolute Gasteiger partial charge is 0.0154 e. The Morgan fingerprint density at radius 3 is 1.72 bits per heavy atom. The Hall–Kier alpha value is -1.56. The van der Waals surface area contributed by atoms with Crippen molar-refractivity contribution < 1.29 is 0 Å². The Morgan fingerprint density at radius 2 is 1.20 bits per heavy atom. The standard InChI is InChI=1S/C23H25PS/c25-18-20-13-11-19(12-14-20)17-24-16-15-23(21-7-3-1-4-8-21)22-9-5-2-6-10-22/h1-14,23-25H,15-18H2. The molecule has 0 nitrogen and oxygen atoms in total. The first-order valence-electron chi connectivity index (χ1n) is 8.86. The van der Waals surface area contributed by atoms with Gasteiger partial charge < -0.3 is 0 Å². The monoisotopic (exact) mass is 364 g/mol. The van der Waals surface area contributed by atoms with Crippen LogP contribution in [0.2, 0.25) is 0 Å². The quantitative estimate of drug-likeness (QED) is 0.263. The predicted octanol–water partition coefficient (Wildman–Crippen LogP) is 6.52. The van der Waals surface area contributed by atoms with Crippen molar-refractivity contribution >= 4 is 21.2 Å². The summed E-state index contributed by atoms with van der Waals surface area (Å²) in [6, 6.07) is 30.7. The lowest BCUT2D eigenvalue weighted by atomic mass is 9.89. The summed E-state index contributed by atoms with van der Waals surface area (Å²) in [6.45, 7) is 0. The van der Waals surface area contributed by atoms with Crippen LogP contribution in [-0.4, -0.2) is 6.16 Å². The highest BCUT2D eigenvalue weighted by Crippen LogP contribution is 2.31. The lowest BCUT2D eigenvalue weighted by Crippen LogP contribution is -2.02.